The Morgan fingerprint density at radius 2 is 2.25 bits per heavy atom. The first-order valence-corrected chi connectivity index (χ1v) is 4.32. The Balaban J connectivity index is 2.25. The van der Waals surface area contributed by atoms with Crippen molar-refractivity contribution in [3.8, 4) is 0 Å². The molecule has 0 saturated heterocycles. The molecule has 0 aromatic carbocycles. The summed E-state index contributed by atoms with van der Waals surface area (Å²) < 4.78 is 5.29. The minimum Gasteiger partial charge on any atom is -0.422 e. The van der Waals surface area contributed by atoms with Gasteiger partial charge in [-0.05, 0) is 19.8 Å². The summed E-state index contributed by atoms with van der Waals surface area (Å²) in [5.41, 5.74) is 5.49. The summed E-state index contributed by atoms with van der Waals surface area (Å²) in [5, 5.41) is 7.40. The molecule has 2 N–H and O–H groups in total. The van der Waals surface area contributed by atoms with Gasteiger partial charge in [0.25, 0.3) is 0 Å². The molecule has 2 rings (SSSR count). The Bertz CT molecular complexity index is 293. The predicted molar refractivity (Wildman–Crippen MR) is 43.7 cm³/mol. The van der Waals surface area contributed by atoms with Gasteiger partial charge in [-0.2, -0.15) is 0 Å². The van der Waals surface area contributed by atoms with E-state index in [0.717, 1.165) is 12.8 Å². The van der Waals surface area contributed by atoms with E-state index in [-0.39, 0.29) is 10.9 Å². The summed E-state index contributed by atoms with van der Waals surface area (Å²) in [6, 6.07) is 0. The number of nitrogens with zero attached hydrogens (tertiary/aromatic N) is 2. The molecule has 1 unspecified atom stereocenters. The summed E-state index contributed by atoms with van der Waals surface area (Å²) in [7, 11) is 0. The lowest BCUT2D eigenvalue weighted by Gasteiger charge is -1.99. The maximum absolute atomic E-state index is 5.84. The standard InChI is InChI=1S/C7H10ClN3O/c1-4(8)5-10-11-6(12-5)7(9)2-3-7/h4H,2-3,9H2,1H3. The number of halogens is 1. The Kier molecular flexibility index (Phi) is 1.63. The zero-order chi connectivity index (χ0) is 8.77. The molecule has 1 aliphatic rings. The largest absolute Gasteiger partial charge is 0.422 e. The number of aromatic nitrogens is 2. The normalized spacial score (nSPS) is 22.2. The van der Waals surface area contributed by atoms with Gasteiger partial charge < -0.3 is 10.2 Å². The van der Waals surface area contributed by atoms with Crippen molar-refractivity contribution in [2.24, 2.45) is 5.73 Å². The fourth-order valence-electron chi connectivity index (χ4n) is 0.945. The van der Waals surface area contributed by atoms with Crippen LogP contribution in [0, 0.1) is 0 Å². The van der Waals surface area contributed by atoms with E-state index in [4.69, 9.17) is 21.8 Å². The van der Waals surface area contributed by atoms with Crippen LogP contribution in [0.2, 0.25) is 0 Å². The van der Waals surface area contributed by atoms with Gasteiger partial charge in [0.1, 0.15) is 5.38 Å². The molecule has 0 radical (unpaired) electrons. The van der Waals surface area contributed by atoms with E-state index >= 15 is 0 Å². The van der Waals surface area contributed by atoms with Gasteiger partial charge in [-0.1, -0.05) is 0 Å². The summed E-state index contributed by atoms with van der Waals surface area (Å²) in [6.45, 7) is 1.79. The zero-order valence-electron chi connectivity index (χ0n) is 6.75. The van der Waals surface area contributed by atoms with Crippen molar-refractivity contribution in [3.63, 3.8) is 0 Å². The second-order valence-electron chi connectivity index (χ2n) is 3.22. The van der Waals surface area contributed by atoms with E-state index in [1.165, 1.54) is 0 Å². The minimum absolute atomic E-state index is 0.242. The highest BCUT2D eigenvalue weighted by Gasteiger charge is 2.45. The van der Waals surface area contributed by atoms with E-state index < -0.39 is 0 Å². The summed E-state index contributed by atoms with van der Waals surface area (Å²) in [5.74, 6) is 0.966. The highest BCUT2D eigenvalue weighted by Crippen LogP contribution is 2.42. The van der Waals surface area contributed by atoms with Gasteiger partial charge in [-0.15, -0.1) is 21.8 Å². The van der Waals surface area contributed by atoms with Crippen LogP contribution in [0.3, 0.4) is 0 Å². The first-order chi connectivity index (χ1) is 5.62. The summed E-state index contributed by atoms with van der Waals surface area (Å²) in [6.07, 6.45) is 1.84. The van der Waals surface area contributed by atoms with Crippen LogP contribution < -0.4 is 5.73 Å². The van der Waals surface area contributed by atoms with Crippen LogP contribution in [0.25, 0.3) is 0 Å². The number of hydrogen-bond acceptors (Lipinski definition) is 4. The lowest BCUT2D eigenvalue weighted by atomic mass is 10.3. The lowest BCUT2D eigenvalue weighted by Crippen LogP contribution is -2.18. The van der Waals surface area contributed by atoms with E-state index in [2.05, 4.69) is 10.2 Å². The van der Waals surface area contributed by atoms with Gasteiger partial charge in [0, 0.05) is 0 Å². The number of nitrogens with two attached hydrogens (primary N) is 1. The molecule has 1 saturated carbocycles. The lowest BCUT2D eigenvalue weighted by molar-refractivity contribution is 0.409. The van der Waals surface area contributed by atoms with Crippen molar-refractivity contribution >= 4 is 11.6 Å². The second kappa shape index (κ2) is 2.44. The van der Waals surface area contributed by atoms with Gasteiger partial charge in [0.05, 0.1) is 5.54 Å². The van der Waals surface area contributed by atoms with Crippen molar-refractivity contribution in [2.45, 2.75) is 30.7 Å². The molecule has 0 spiro atoms. The maximum Gasteiger partial charge on any atom is 0.236 e. The number of alkyl halides is 1. The van der Waals surface area contributed by atoms with Crippen molar-refractivity contribution in [1.29, 1.82) is 0 Å². The Morgan fingerprint density at radius 1 is 1.58 bits per heavy atom. The Morgan fingerprint density at radius 3 is 2.67 bits per heavy atom. The molecule has 1 fully saturated rings. The molecule has 1 aliphatic carbocycles. The molecule has 66 valence electrons. The van der Waals surface area contributed by atoms with Crippen LogP contribution in [-0.2, 0) is 5.54 Å². The van der Waals surface area contributed by atoms with Gasteiger partial charge in [0.2, 0.25) is 11.8 Å². The molecule has 1 heterocycles. The maximum atomic E-state index is 5.84. The summed E-state index contributed by atoms with van der Waals surface area (Å²) >= 11 is 5.75. The molecular formula is C7H10ClN3O. The molecule has 1 atom stereocenters. The topological polar surface area (TPSA) is 64.9 Å². The van der Waals surface area contributed by atoms with Crippen LogP contribution in [-0.4, -0.2) is 10.2 Å². The van der Waals surface area contributed by atoms with Crippen LogP contribution in [0.15, 0.2) is 4.42 Å². The number of rotatable bonds is 2. The van der Waals surface area contributed by atoms with E-state index in [1.54, 1.807) is 6.92 Å². The highest BCUT2D eigenvalue weighted by molar-refractivity contribution is 6.20. The Labute approximate surface area is 75.1 Å². The molecule has 4 nitrogen and oxygen atoms in total. The van der Waals surface area contributed by atoms with E-state index in [9.17, 15) is 0 Å². The molecule has 12 heavy (non-hydrogen) atoms. The molecule has 0 bridgehead atoms. The number of hydrogen-bond donors (Lipinski definition) is 1. The van der Waals surface area contributed by atoms with Crippen molar-refractivity contribution < 1.29 is 4.42 Å². The average Bonchev–Trinajstić information content (AvgIpc) is 2.61. The highest BCUT2D eigenvalue weighted by atomic mass is 35.5. The molecular weight excluding hydrogens is 178 g/mol. The Hall–Kier alpha value is -0.610. The monoisotopic (exact) mass is 187 g/mol. The van der Waals surface area contributed by atoms with Gasteiger partial charge in [0.15, 0.2) is 0 Å². The van der Waals surface area contributed by atoms with E-state index in [1.807, 2.05) is 0 Å². The average molecular weight is 188 g/mol. The van der Waals surface area contributed by atoms with Gasteiger partial charge in [-0.3, -0.25) is 0 Å². The third-order valence-electron chi connectivity index (χ3n) is 2.00. The summed E-state index contributed by atoms with van der Waals surface area (Å²) in [4.78, 5) is 0. The fraction of sp³-hybridized carbons (Fsp3) is 0.714. The van der Waals surface area contributed by atoms with Crippen LogP contribution in [0.4, 0.5) is 0 Å². The van der Waals surface area contributed by atoms with Crippen molar-refractivity contribution in [1.82, 2.24) is 10.2 Å². The van der Waals surface area contributed by atoms with Gasteiger partial charge >= 0.3 is 0 Å². The molecule has 0 amide bonds. The molecule has 1 aromatic rings. The zero-order valence-corrected chi connectivity index (χ0v) is 7.51. The smallest absolute Gasteiger partial charge is 0.236 e. The van der Waals surface area contributed by atoms with Crippen LogP contribution in [0.1, 0.15) is 36.9 Å². The first-order valence-electron chi connectivity index (χ1n) is 3.89. The molecule has 1 aromatic heterocycles. The quantitative estimate of drug-likeness (QED) is 0.710. The molecule has 5 heteroatoms. The van der Waals surface area contributed by atoms with Crippen LogP contribution in [0.5, 0.6) is 0 Å². The predicted octanol–water partition coefficient (Wildman–Crippen LogP) is 1.32. The third-order valence-corrected chi connectivity index (χ3v) is 2.18. The fourth-order valence-corrected chi connectivity index (χ4v) is 1.03. The van der Waals surface area contributed by atoms with Crippen molar-refractivity contribution in [2.75, 3.05) is 0 Å². The molecule has 0 aliphatic heterocycles. The van der Waals surface area contributed by atoms with E-state index in [0.29, 0.717) is 11.8 Å². The third kappa shape index (κ3) is 1.21. The SMILES string of the molecule is CC(Cl)c1nnc(C2(N)CC2)o1. The van der Waals surface area contributed by atoms with Gasteiger partial charge in [-0.25, -0.2) is 0 Å². The van der Waals surface area contributed by atoms with Crippen molar-refractivity contribution in [3.05, 3.63) is 11.8 Å². The first kappa shape index (κ1) is 8.01. The van der Waals surface area contributed by atoms with Crippen LogP contribution >= 0.6 is 11.6 Å². The second-order valence-corrected chi connectivity index (χ2v) is 3.87. The minimum atomic E-state index is -0.350.